The van der Waals surface area contributed by atoms with Crippen LogP contribution in [0.15, 0.2) is 60.8 Å². The van der Waals surface area contributed by atoms with E-state index in [0.29, 0.717) is 23.5 Å². The maximum atomic E-state index is 12.6. The van der Waals surface area contributed by atoms with E-state index in [0.717, 1.165) is 16.1 Å². The zero-order chi connectivity index (χ0) is 30.4. The fraction of sp³-hybridized carbons (Fsp3) is 0.148. The average Bonchev–Trinajstić information content (AvgIpc) is 3.47. The molecule has 0 aliphatic carbocycles. The quantitative estimate of drug-likeness (QED) is 0.185. The molecule has 2 aromatic carbocycles. The number of nitrogens with two attached hydrogens (primary N) is 2. The SMILES string of the molecule is COC(=O)c1ccc([C@@H](NC(=O)c2cc(C(=O)O)n3nccc3n2)C(N)=O)cc1.Cl.NCc1ccc2c(c1)NC(=O)CO2. The molecule has 0 fully saturated rings. The summed E-state index contributed by atoms with van der Waals surface area (Å²) in [5, 5.41) is 18.3. The minimum absolute atomic E-state index is 0. The summed E-state index contributed by atoms with van der Waals surface area (Å²) in [5.41, 5.74) is 12.8. The van der Waals surface area contributed by atoms with Gasteiger partial charge in [-0.1, -0.05) is 18.2 Å². The van der Waals surface area contributed by atoms with Gasteiger partial charge in [-0.25, -0.2) is 19.1 Å². The third-order valence-electron chi connectivity index (χ3n) is 5.95. The van der Waals surface area contributed by atoms with Gasteiger partial charge in [-0.2, -0.15) is 5.10 Å². The number of hydrogen-bond donors (Lipinski definition) is 5. The second-order valence-electron chi connectivity index (χ2n) is 8.73. The topological polar surface area (TPSA) is 230 Å². The number of rotatable bonds is 7. The van der Waals surface area contributed by atoms with E-state index in [1.807, 2.05) is 18.2 Å². The Labute approximate surface area is 249 Å². The van der Waals surface area contributed by atoms with Gasteiger partial charge >= 0.3 is 11.9 Å². The lowest BCUT2D eigenvalue weighted by molar-refractivity contribution is -0.120. The molecule has 1 atom stereocenters. The number of anilines is 1. The van der Waals surface area contributed by atoms with Gasteiger partial charge in [0, 0.05) is 18.7 Å². The molecule has 0 saturated carbocycles. The first-order valence-corrected chi connectivity index (χ1v) is 12.2. The largest absolute Gasteiger partial charge is 0.482 e. The Kier molecular flexibility index (Phi) is 10.3. The fourth-order valence-electron chi connectivity index (χ4n) is 3.89. The molecule has 16 heteroatoms. The van der Waals surface area contributed by atoms with Crippen molar-refractivity contribution in [2.24, 2.45) is 11.5 Å². The summed E-state index contributed by atoms with van der Waals surface area (Å²) in [4.78, 5) is 62.4. The number of ether oxygens (including phenoxy) is 2. The van der Waals surface area contributed by atoms with E-state index in [1.54, 1.807) is 0 Å². The van der Waals surface area contributed by atoms with Crippen LogP contribution in [0.1, 0.15) is 48.5 Å². The molecule has 224 valence electrons. The van der Waals surface area contributed by atoms with Gasteiger partial charge in [0.15, 0.2) is 17.9 Å². The van der Waals surface area contributed by atoms with E-state index in [4.69, 9.17) is 16.2 Å². The van der Waals surface area contributed by atoms with Gasteiger partial charge in [0.05, 0.1) is 24.6 Å². The first kappa shape index (κ1) is 32.0. The van der Waals surface area contributed by atoms with Crippen LogP contribution in [-0.4, -0.2) is 63.1 Å². The molecule has 0 radical (unpaired) electrons. The van der Waals surface area contributed by atoms with Crippen molar-refractivity contribution in [1.82, 2.24) is 19.9 Å². The molecule has 0 unspecified atom stereocenters. The zero-order valence-corrected chi connectivity index (χ0v) is 23.3. The molecule has 7 N–H and O–H groups in total. The van der Waals surface area contributed by atoms with Crippen LogP contribution >= 0.6 is 12.4 Å². The molecule has 0 spiro atoms. The number of halogens is 1. The Balaban J connectivity index is 0.000000302. The molecular weight excluding hydrogens is 586 g/mol. The molecule has 3 amide bonds. The van der Waals surface area contributed by atoms with Crippen molar-refractivity contribution < 1.29 is 38.6 Å². The van der Waals surface area contributed by atoms with Gasteiger partial charge in [-0.05, 0) is 35.4 Å². The number of aromatic carboxylic acids is 1. The molecule has 4 aromatic rings. The Morgan fingerprint density at radius 1 is 1.14 bits per heavy atom. The molecule has 15 nitrogen and oxygen atoms in total. The standard InChI is InChI=1S/C18H15N5O6.C9H10N2O2.ClH/c1-29-18(28)10-4-2-9(3-5-10)14(15(19)24)22-16(25)11-8-12(17(26)27)23-13(21-11)6-7-20-23;10-4-6-1-2-8-7(3-6)11-9(12)5-13-8;/h2-8,14H,1H3,(H2,19,24)(H,22,25)(H,26,27);1-3H,4-5,10H2,(H,11,12);1H/t14-;;/m1../s1. The number of hydrogen-bond acceptors (Lipinski definition) is 10. The summed E-state index contributed by atoms with van der Waals surface area (Å²) < 4.78 is 10.8. The highest BCUT2D eigenvalue weighted by Gasteiger charge is 2.24. The molecule has 43 heavy (non-hydrogen) atoms. The summed E-state index contributed by atoms with van der Waals surface area (Å²) in [6.07, 6.45) is 1.34. The molecule has 2 aromatic heterocycles. The first-order chi connectivity index (χ1) is 20.1. The highest BCUT2D eigenvalue weighted by atomic mass is 35.5. The summed E-state index contributed by atoms with van der Waals surface area (Å²) in [6.45, 7) is 0.554. The van der Waals surface area contributed by atoms with Crippen molar-refractivity contribution in [2.45, 2.75) is 12.6 Å². The lowest BCUT2D eigenvalue weighted by Crippen LogP contribution is -2.38. The Hall–Kier alpha value is -5.54. The second-order valence-corrected chi connectivity index (χ2v) is 8.73. The van der Waals surface area contributed by atoms with Crippen molar-refractivity contribution >= 4 is 53.4 Å². The van der Waals surface area contributed by atoms with Crippen LogP contribution in [0.4, 0.5) is 5.69 Å². The minimum Gasteiger partial charge on any atom is -0.482 e. The van der Waals surface area contributed by atoms with Crippen LogP contribution in [0.3, 0.4) is 0 Å². The lowest BCUT2D eigenvalue weighted by Gasteiger charge is -2.18. The highest BCUT2D eigenvalue weighted by Crippen LogP contribution is 2.28. The molecular formula is C27H26ClN7O8. The van der Waals surface area contributed by atoms with Crippen molar-refractivity contribution in [3.8, 4) is 5.75 Å². The lowest BCUT2D eigenvalue weighted by atomic mass is 10.0. The van der Waals surface area contributed by atoms with Crippen LogP contribution in [0.25, 0.3) is 5.65 Å². The van der Waals surface area contributed by atoms with Gasteiger partial charge in [0.25, 0.3) is 11.8 Å². The molecule has 3 heterocycles. The molecule has 1 aliphatic rings. The van der Waals surface area contributed by atoms with Gasteiger partial charge in [-0.15, -0.1) is 12.4 Å². The van der Waals surface area contributed by atoms with Crippen molar-refractivity contribution in [2.75, 3.05) is 19.0 Å². The number of benzene rings is 2. The Bertz CT molecular complexity index is 1690. The zero-order valence-electron chi connectivity index (χ0n) is 22.5. The van der Waals surface area contributed by atoms with Gasteiger partial charge in [-0.3, -0.25) is 14.4 Å². The summed E-state index contributed by atoms with van der Waals surface area (Å²) >= 11 is 0. The number of amides is 3. The van der Waals surface area contributed by atoms with Gasteiger partial charge < -0.3 is 36.7 Å². The number of methoxy groups -OCH3 is 1. The average molecular weight is 612 g/mol. The van der Waals surface area contributed by atoms with Gasteiger partial charge in [0.2, 0.25) is 5.91 Å². The van der Waals surface area contributed by atoms with E-state index in [-0.39, 0.29) is 47.5 Å². The van der Waals surface area contributed by atoms with Gasteiger partial charge in [0.1, 0.15) is 17.5 Å². The Morgan fingerprint density at radius 3 is 2.49 bits per heavy atom. The van der Waals surface area contributed by atoms with E-state index < -0.39 is 29.8 Å². The van der Waals surface area contributed by atoms with E-state index >= 15 is 0 Å². The van der Waals surface area contributed by atoms with E-state index in [1.165, 1.54) is 43.6 Å². The summed E-state index contributed by atoms with van der Waals surface area (Å²) in [6, 6.07) is 12.5. The fourth-order valence-corrected chi connectivity index (χ4v) is 3.89. The maximum Gasteiger partial charge on any atom is 0.354 e. The number of carbonyl (C=O) groups excluding carboxylic acids is 4. The predicted octanol–water partition coefficient (Wildman–Crippen LogP) is 1.07. The smallest absolute Gasteiger partial charge is 0.354 e. The molecule has 1 aliphatic heterocycles. The number of carboxylic acids is 1. The second kappa shape index (κ2) is 13.9. The van der Waals surface area contributed by atoms with Crippen molar-refractivity contribution in [3.63, 3.8) is 0 Å². The van der Waals surface area contributed by atoms with Crippen LogP contribution in [0.2, 0.25) is 0 Å². The van der Waals surface area contributed by atoms with Crippen molar-refractivity contribution in [1.29, 1.82) is 0 Å². The number of fused-ring (bicyclic) bond motifs is 2. The summed E-state index contributed by atoms with van der Waals surface area (Å²) in [7, 11) is 1.23. The van der Waals surface area contributed by atoms with Crippen LogP contribution < -0.4 is 26.8 Å². The third-order valence-corrected chi connectivity index (χ3v) is 5.95. The monoisotopic (exact) mass is 611 g/mol. The van der Waals surface area contributed by atoms with Crippen LogP contribution in [0.5, 0.6) is 5.75 Å². The minimum atomic E-state index is -1.31. The highest BCUT2D eigenvalue weighted by molar-refractivity contribution is 5.99. The predicted molar refractivity (Wildman–Crippen MR) is 153 cm³/mol. The summed E-state index contributed by atoms with van der Waals surface area (Å²) in [5.74, 6) is -2.95. The number of esters is 1. The van der Waals surface area contributed by atoms with E-state index in [2.05, 4.69) is 25.5 Å². The van der Waals surface area contributed by atoms with Crippen LogP contribution in [0, 0.1) is 0 Å². The molecule has 0 bridgehead atoms. The van der Waals surface area contributed by atoms with Crippen LogP contribution in [-0.2, 0) is 20.9 Å². The molecule has 0 saturated heterocycles. The van der Waals surface area contributed by atoms with E-state index in [9.17, 15) is 29.1 Å². The maximum absolute atomic E-state index is 12.6. The third kappa shape index (κ3) is 7.41. The number of primary amides is 1. The number of aromatic nitrogens is 3. The Morgan fingerprint density at radius 2 is 1.86 bits per heavy atom. The first-order valence-electron chi connectivity index (χ1n) is 12.2. The number of carboxylic acid groups (broad SMARTS) is 1. The number of carbonyl (C=O) groups is 5. The number of nitrogens with zero attached hydrogens (tertiary/aromatic N) is 3. The normalized spacial score (nSPS) is 12.2. The van der Waals surface area contributed by atoms with Crippen molar-refractivity contribution in [3.05, 3.63) is 88.9 Å². The molecule has 5 rings (SSSR count). The number of nitrogens with one attached hydrogen (secondary N) is 2.